The number of likely N-dealkylation sites (tertiary alicyclic amines) is 1. The number of pyridine rings is 1. The lowest BCUT2D eigenvalue weighted by Crippen LogP contribution is -2.43. The number of halogens is 4. The molecule has 7 aliphatic rings. The highest BCUT2D eigenvalue weighted by atomic mass is 19.1. The summed E-state index contributed by atoms with van der Waals surface area (Å²) in [5.74, 6) is -0.201. The van der Waals surface area contributed by atoms with E-state index in [2.05, 4.69) is 25.8 Å². The van der Waals surface area contributed by atoms with E-state index in [9.17, 15) is 27.6 Å². The van der Waals surface area contributed by atoms with Gasteiger partial charge in [0.05, 0.1) is 40.7 Å². The summed E-state index contributed by atoms with van der Waals surface area (Å²) in [6.07, 6.45) is 18.8. The van der Waals surface area contributed by atoms with Gasteiger partial charge in [-0.25, -0.2) is 22.5 Å². The Balaban J connectivity index is 0.000000175. The first-order valence-electron chi connectivity index (χ1n) is 27.4. The van der Waals surface area contributed by atoms with E-state index in [1.54, 1.807) is 26.4 Å². The number of ether oxygens (including phenoxy) is 3. The zero-order valence-corrected chi connectivity index (χ0v) is 44.1. The zero-order valence-electron chi connectivity index (χ0n) is 44.1. The summed E-state index contributed by atoms with van der Waals surface area (Å²) in [6, 6.07) is 11.3. The minimum Gasteiger partial charge on any atom is -0.461 e. The topological polar surface area (TPSA) is 143 Å². The van der Waals surface area contributed by atoms with Gasteiger partial charge in [0.1, 0.15) is 41.1 Å². The molecule has 6 saturated heterocycles. The number of piperidine rings is 3. The number of benzene rings is 3. The molecule has 0 radical (unpaired) electrons. The molecular formula is C59H68F4N8O6. The van der Waals surface area contributed by atoms with E-state index in [4.69, 9.17) is 30.8 Å². The third-order valence-electron chi connectivity index (χ3n) is 17.0. The second-order valence-corrected chi connectivity index (χ2v) is 21.8. The normalized spacial score (nSPS) is 21.7. The number of carbonyl (C=O) groups excluding carboxylic acids is 3. The van der Waals surface area contributed by atoms with Crippen molar-refractivity contribution in [3.63, 3.8) is 0 Å². The number of carbonyl (C=O) groups is 3. The number of nitrogens with zero attached hydrogens (tertiary/aromatic N) is 7. The summed E-state index contributed by atoms with van der Waals surface area (Å²) in [7, 11) is 3.25. The predicted molar refractivity (Wildman–Crippen MR) is 286 cm³/mol. The SMILES string of the molecule is C#Cc1c(F)ccc2cccc(-c3nc4c5c(nc(OCC67CCCN6CCC7)nc5c3F)N3CCCOCC3CC4)c12.COC.O=CN1CCC(CC2CCN(c3cc(F)c(C4CCC(=O)NC4=O)c(F)c3)CC2)CC1. The fourth-order valence-electron chi connectivity index (χ4n) is 13.1. The van der Waals surface area contributed by atoms with Crippen molar-refractivity contribution in [1.29, 1.82) is 0 Å². The van der Waals surface area contributed by atoms with Crippen LogP contribution in [-0.4, -0.2) is 134 Å². The molecule has 0 bridgehead atoms. The number of hydrogen-bond donors (Lipinski definition) is 1. The van der Waals surface area contributed by atoms with E-state index in [-0.39, 0.29) is 52.8 Å². The van der Waals surface area contributed by atoms with Gasteiger partial charge in [-0.1, -0.05) is 30.2 Å². The van der Waals surface area contributed by atoms with Crippen molar-refractivity contribution < 1.29 is 46.2 Å². The summed E-state index contributed by atoms with van der Waals surface area (Å²) in [5.41, 5.74) is 1.79. The van der Waals surface area contributed by atoms with E-state index in [1.165, 1.54) is 18.2 Å². The first-order valence-corrected chi connectivity index (χ1v) is 27.4. The van der Waals surface area contributed by atoms with Crippen molar-refractivity contribution in [2.45, 2.75) is 107 Å². The Labute approximate surface area is 447 Å². The molecule has 14 nitrogen and oxygen atoms in total. The molecule has 2 atom stereocenters. The molecule has 2 aromatic heterocycles. The molecule has 77 heavy (non-hydrogen) atoms. The molecule has 3 aromatic carbocycles. The minimum atomic E-state index is -0.969. The lowest BCUT2D eigenvalue weighted by atomic mass is 9.82. The second-order valence-electron chi connectivity index (χ2n) is 21.8. The maximum absolute atomic E-state index is 16.9. The molecule has 1 N–H and O–H groups in total. The third kappa shape index (κ3) is 11.2. The summed E-state index contributed by atoms with van der Waals surface area (Å²) in [5, 5.41) is 3.96. The molecule has 0 aliphatic carbocycles. The number of imide groups is 1. The number of rotatable bonds is 9. The van der Waals surface area contributed by atoms with Crippen LogP contribution in [0.1, 0.15) is 106 Å². The number of aryl methyl sites for hydroxylation is 1. The zero-order chi connectivity index (χ0) is 53.8. The van der Waals surface area contributed by atoms with Crippen LogP contribution in [0, 0.1) is 47.4 Å². The molecule has 7 aliphatic heterocycles. The van der Waals surface area contributed by atoms with Crippen LogP contribution in [0.25, 0.3) is 32.9 Å². The highest BCUT2D eigenvalue weighted by molar-refractivity contribution is 6.03. The Morgan fingerprint density at radius 1 is 0.831 bits per heavy atom. The second kappa shape index (κ2) is 23.7. The number of fused-ring (bicyclic) bond motifs is 4. The van der Waals surface area contributed by atoms with Crippen molar-refractivity contribution in [3.05, 3.63) is 82.6 Å². The van der Waals surface area contributed by atoms with Gasteiger partial charge < -0.3 is 28.9 Å². The molecule has 6 fully saturated rings. The monoisotopic (exact) mass is 1060 g/mol. The molecular weight excluding hydrogens is 993 g/mol. The van der Waals surface area contributed by atoms with Crippen LogP contribution in [0.15, 0.2) is 42.5 Å². The minimum absolute atomic E-state index is 0.00280. The average Bonchev–Trinajstić information content (AvgIpc) is 3.91. The number of anilines is 2. The van der Waals surface area contributed by atoms with E-state index >= 15 is 4.39 Å². The van der Waals surface area contributed by atoms with Gasteiger partial charge in [0, 0.05) is 82.2 Å². The van der Waals surface area contributed by atoms with Crippen molar-refractivity contribution in [2.24, 2.45) is 11.8 Å². The Morgan fingerprint density at radius 3 is 2.23 bits per heavy atom. The molecule has 5 aromatic rings. The van der Waals surface area contributed by atoms with Crippen molar-refractivity contribution in [1.82, 2.24) is 30.1 Å². The van der Waals surface area contributed by atoms with Gasteiger partial charge in [0.25, 0.3) is 0 Å². The molecule has 0 spiro atoms. The van der Waals surface area contributed by atoms with Gasteiger partial charge in [-0.05, 0) is 132 Å². The van der Waals surface area contributed by atoms with E-state index < -0.39 is 41.0 Å². The van der Waals surface area contributed by atoms with Crippen molar-refractivity contribution >= 4 is 51.4 Å². The van der Waals surface area contributed by atoms with E-state index in [1.807, 2.05) is 21.9 Å². The number of hydrogen-bond acceptors (Lipinski definition) is 12. The number of amides is 3. The third-order valence-corrected chi connectivity index (χ3v) is 17.0. The van der Waals surface area contributed by atoms with Crippen LogP contribution < -0.4 is 19.9 Å². The smallest absolute Gasteiger partial charge is 0.319 e. The van der Waals surface area contributed by atoms with Gasteiger partial charge in [-0.3, -0.25) is 24.6 Å². The number of methoxy groups -OCH3 is 1. The highest BCUT2D eigenvalue weighted by Gasteiger charge is 2.45. The van der Waals surface area contributed by atoms with Gasteiger partial charge >= 0.3 is 6.01 Å². The first-order chi connectivity index (χ1) is 37.4. The maximum atomic E-state index is 16.9. The summed E-state index contributed by atoms with van der Waals surface area (Å²) in [4.78, 5) is 57.4. The van der Waals surface area contributed by atoms with Crippen molar-refractivity contribution in [3.8, 4) is 29.6 Å². The highest BCUT2D eigenvalue weighted by Crippen LogP contribution is 2.43. The Morgan fingerprint density at radius 2 is 1.55 bits per heavy atom. The predicted octanol–water partition coefficient (Wildman–Crippen LogP) is 8.88. The van der Waals surface area contributed by atoms with Crippen molar-refractivity contribution in [2.75, 3.05) is 89.7 Å². The average molecular weight is 1060 g/mol. The Bertz CT molecular complexity index is 3020. The fraction of sp³-hybridized carbons (Fsp3) is 0.525. The Hall–Kier alpha value is -6.42. The largest absolute Gasteiger partial charge is 0.461 e. The lowest BCUT2D eigenvalue weighted by Gasteiger charge is -2.37. The maximum Gasteiger partial charge on any atom is 0.319 e. The van der Waals surface area contributed by atoms with Crippen LogP contribution >= 0.6 is 0 Å². The van der Waals surface area contributed by atoms with Crippen LogP contribution in [0.3, 0.4) is 0 Å². The lowest BCUT2D eigenvalue weighted by molar-refractivity contribution is -0.134. The fourth-order valence-corrected chi connectivity index (χ4v) is 13.1. The molecule has 3 amide bonds. The number of nitrogens with one attached hydrogen (secondary N) is 1. The molecule has 18 heteroatoms. The van der Waals surface area contributed by atoms with Gasteiger partial charge in [0.15, 0.2) is 5.82 Å². The molecule has 9 heterocycles. The van der Waals surface area contributed by atoms with Crippen LogP contribution in [0.2, 0.25) is 0 Å². The summed E-state index contributed by atoms with van der Waals surface area (Å²) >= 11 is 0. The standard InChI is InChI=1S/C34H33F2N5O2.C23H29F2N3O3.C2H6O/c1-2-23-25(35)11-9-21-7-3-8-24(27(21)23)30-29(36)31-28-26(37-30)12-10-22-19-42-18-6-17-41(22)32(28)39-33(38-31)43-20-34-13-4-15-40(34)16-5-14-34;24-19-12-17(13-20(25)22(19)18-1-2-21(30)26-23(18)31)28-9-5-16(6-10-28)11-15-3-7-27(14-29)8-4-15;1-3-2/h1,3,7-9,11,22H,4-6,10,12-20H2;12-16,18H,1-11H2,(H,26,30,31);1-2H3. The van der Waals surface area contributed by atoms with E-state index in [0.29, 0.717) is 77.0 Å². The molecule has 2 unspecified atom stereocenters. The number of aromatic nitrogens is 3. The van der Waals surface area contributed by atoms with Crippen LogP contribution in [0.5, 0.6) is 6.01 Å². The Kier molecular flexibility index (Phi) is 16.6. The summed E-state index contributed by atoms with van der Waals surface area (Å²) < 4.78 is 78.0. The van der Waals surface area contributed by atoms with Crippen LogP contribution in [-0.2, 0) is 30.3 Å². The molecule has 12 rings (SSSR count). The quantitative estimate of drug-likeness (QED) is 0.0652. The molecule has 408 valence electrons. The van der Waals surface area contributed by atoms with E-state index in [0.717, 1.165) is 123 Å². The van der Waals surface area contributed by atoms with Crippen LogP contribution in [0.4, 0.5) is 29.1 Å². The van der Waals surface area contributed by atoms with Gasteiger partial charge in [-0.15, -0.1) is 6.42 Å². The van der Waals surface area contributed by atoms with Gasteiger partial charge in [-0.2, -0.15) is 9.97 Å². The van der Waals surface area contributed by atoms with Gasteiger partial charge in [0.2, 0.25) is 18.2 Å². The number of terminal acetylenes is 1. The first kappa shape index (κ1) is 54.0. The summed E-state index contributed by atoms with van der Waals surface area (Å²) in [6.45, 7) is 7.80. The molecule has 0 saturated carbocycles.